The molecule has 0 aromatic carbocycles. The highest BCUT2D eigenvalue weighted by Gasteiger charge is 2.21. The Hall–Kier alpha value is -3.27. The second-order valence-corrected chi connectivity index (χ2v) is 6.87. The largest absolute Gasteiger partial charge is 0.453 e. The number of hydrogen-bond acceptors (Lipinski definition) is 8. The third kappa shape index (κ3) is 3.65. The van der Waals surface area contributed by atoms with E-state index in [1.807, 2.05) is 6.92 Å². The zero-order chi connectivity index (χ0) is 19.7. The average Bonchev–Trinajstić information content (AvgIpc) is 3.32. The van der Waals surface area contributed by atoms with E-state index in [0.717, 1.165) is 5.69 Å². The first-order chi connectivity index (χ1) is 12.8. The molecule has 0 spiro atoms. The number of Topliss-reactive ketones (excluding diaryl/α,β-unsaturated/α-hetero) is 1. The molecule has 10 heteroatoms. The molecule has 0 amide bonds. The second-order valence-electron chi connectivity index (χ2n) is 5.81. The fourth-order valence-corrected chi connectivity index (χ4v) is 3.39. The summed E-state index contributed by atoms with van der Waals surface area (Å²) in [4.78, 5) is 34.6. The van der Waals surface area contributed by atoms with Gasteiger partial charge in [0.05, 0.1) is 4.92 Å². The van der Waals surface area contributed by atoms with Gasteiger partial charge in [-0.15, -0.1) is 0 Å². The minimum Gasteiger partial charge on any atom is -0.453 e. The van der Waals surface area contributed by atoms with Gasteiger partial charge in [0.15, 0.2) is 12.4 Å². The molecule has 27 heavy (non-hydrogen) atoms. The molecular weight excluding hydrogens is 374 g/mol. The maximum absolute atomic E-state index is 12.5. The van der Waals surface area contributed by atoms with Crippen LogP contribution in [0.25, 0.3) is 5.82 Å². The Bertz CT molecular complexity index is 1050. The summed E-state index contributed by atoms with van der Waals surface area (Å²) >= 11 is 0.698. The highest BCUT2D eigenvalue weighted by atomic mass is 32.1. The molecular formula is C17H15N3O6S. The second kappa shape index (κ2) is 7.16. The number of nitro groups is 1. The summed E-state index contributed by atoms with van der Waals surface area (Å²) in [5.41, 5.74) is 1.83. The number of aromatic nitrogens is 2. The molecule has 0 bridgehead atoms. The molecule has 0 radical (unpaired) electrons. The van der Waals surface area contributed by atoms with Crippen LogP contribution in [-0.4, -0.2) is 33.0 Å². The molecule has 0 saturated carbocycles. The van der Waals surface area contributed by atoms with Gasteiger partial charge < -0.3 is 9.26 Å². The summed E-state index contributed by atoms with van der Waals surface area (Å²) < 4.78 is 11.9. The van der Waals surface area contributed by atoms with Crippen molar-refractivity contribution in [2.45, 2.75) is 20.8 Å². The van der Waals surface area contributed by atoms with Gasteiger partial charge >= 0.3 is 11.0 Å². The fourth-order valence-electron chi connectivity index (χ4n) is 2.67. The van der Waals surface area contributed by atoms with Crippen LogP contribution in [0.5, 0.6) is 0 Å². The predicted octanol–water partition coefficient (Wildman–Crippen LogP) is 3.40. The lowest BCUT2D eigenvalue weighted by atomic mass is 10.1. The number of esters is 1. The molecule has 0 atom stereocenters. The summed E-state index contributed by atoms with van der Waals surface area (Å²) in [6, 6.07) is 5.95. The van der Waals surface area contributed by atoms with E-state index in [2.05, 4.69) is 5.16 Å². The third-order valence-corrected chi connectivity index (χ3v) is 4.90. The minimum absolute atomic E-state index is 0.0676. The highest BCUT2D eigenvalue weighted by Crippen LogP contribution is 2.25. The zero-order valence-electron chi connectivity index (χ0n) is 14.7. The number of ketones is 1. The van der Waals surface area contributed by atoms with Crippen molar-refractivity contribution in [3.63, 3.8) is 0 Å². The lowest BCUT2D eigenvalue weighted by Crippen LogP contribution is -2.14. The van der Waals surface area contributed by atoms with Crippen LogP contribution in [0.1, 0.15) is 37.2 Å². The fraction of sp³-hybridized carbons (Fsp3) is 0.235. The molecule has 9 nitrogen and oxygen atoms in total. The van der Waals surface area contributed by atoms with Gasteiger partial charge in [-0.05, 0) is 32.9 Å². The number of aryl methyl sites for hydroxylation is 2. The molecule has 3 aromatic heterocycles. The van der Waals surface area contributed by atoms with Crippen LogP contribution < -0.4 is 0 Å². The van der Waals surface area contributed by atoms with E-state index in [4.69, 9.17) is 9.26 Å². The van der Waals surface area contributed by atoms with Crippen molar-refractivity contribution in [1.29, 1.82) is 0 Å². The van der Waals surface area contributed by atoms with Crippen LogP contribution in [-0.2, 0) is 4.74 Å². The van der Waals surface area contributed by atoms with Crippen LogP contribution in [0.2, 0.25) is 0 Å². The van der Waals surface area contributed by atoms with Crippen molar-refractivity contribution < 1.29 is 23.8 Å². The number of thiophene rings is 1. The average molecular weight is 389 g/mol. The number of ether oxygens (including phenoxy) is 1. The van der Waals surface area contributed by atoms with E-state index in [0.29, 0.717) is 34.2 Å². The molecule has 140 valence electrons. The summed E-state index contributed by atoms with van der Waals surface area (Å²) in [6.45, 7) is 4.89. The standard InChI is InChI=1S/C17H15N3O6S/c1-9-6-12(11(3)19(9)15-7-10(2)26-18-15)13(21)8-25-17(22)14-4-5-16(27-14)20(23)24/h4-7H,8H2,1-3H3. The van der Waals surface area contributed by atoms with Gasteiger partial charge in [0.1, 0.15) is 10.6 Å². The van der Waals surface area contributed by atoms with Gasteiger partial charge in [-0.3, -0.25) is 19.5 Å². The number of rotatable bonds is 6. The van der Waals surface area contributed by atoms with Crippen LogP contribution in [0.4, 0.5) is 5.00 Å². The Morgan fingerprint density at radius 1 is 1.30 bits per heavy atom. The molecule has 0 aliphatic carbocycles. The lowest BCUT2D eigenvalue weighted by Gasteiger charge is -2.05. The van der Waals surface area contributed by atoms with Crippen LogP contribution in [0.15, 0.2) is 28.8 Å². The number of nitrogens with zero attached hydrogens (tertiary/aromatic N) is 3. The van der Waals surface area contributed by atoms with Crippen molar-refractivity contribution in [3.05, 3.63) is 62.0 Å². The molecule has 3 rings (SSSR count). The van der Waals surface area contributed by atoms with E-state index in [-0.39, 0.29) is 15.7 Å². The van der Waals surface area contributed by atoms with Gasteiger partial charge in [0.25, 0.3) is 0 Å². The molecule has 0 aliphatic rings. The number of carbonyl (C=O) groups excluding carboxylic acids is 2. The van der Waals surface area contributed by atoms with E-state index >= 15 is 0 Å². The first kappa shape index (κ1) is 18.5. The summed E-state index contributed by atoms with van der Waals surface area (Å²) in [6.07, 6.45) is 0. The van der Waals surface area contributed by atoms with Crippen LogP contribution >= 0.6 is 11.3 Å². The molecule has 3 heterocycles. The number of carbonyl (C=O) groups is 2. The van der Waals surface area contributed by atoms with Gasteiger partial charge in [-0.1, -0.05) is 16.5 Å². The van der Waals surface area contributed by atoms with Crippen molar-refractivity contribution in [1.82, 2.24) is 9.72 Å². The van der Waals surface area contributed by atoms with Crippen molar-refractivity contribution in [2.24, 2.45) is 0 Å². The maximum atomic E-state index is 12.5. The molecule has 0 N–H and O–H groups in total. The molecule has 3 aromatic rings. The van der Waals surface area contributed by atoms with E-state index < -0.39 is 17.5 Å². The monoisotopic (exact) mass is 389 g/mol. The molecule has 0 saturated heterocycles. The summed E-state index contributed by atoms with van der Waals surface area (Å²) in [5.74, 6) is 0.0464. The first-order valence-corrected chi connectivity index (χ1v) is 8.66. The first-order valence-electron chi connectivity index (χ1n) is 7.85. The Balaban J connectivity index is 1.73. The van der Waals surface area contributed by atoms with Gasteiger partial charge in [-0.2, -0.15) is 0 Å². The Kier molecular flexibility index (Phi) is 4.91. The Morgan fingerprint density at radius 3 is 2.63 bits per heavy atom. The van der Waals surface area contributed by atoms with E-state index in [9.17, 15) is 19.7 Å². The predicted molar refractivity (Wildman–Crippen MR) is 95.6 cm³/mol. The SMILES string of the molecule is Cc1cc(-n2c(C)cc(C(=O)COC(=O)c3ccc([N+](=O)[O-])s3)c2C)no1. The van der Waals surface area contributed by atoms with Crippen LogP contribution in [0.3, 0.4) is 0 Å². The molecule has 0 aliphatic heterocycles. The summed E-state index contributed by atoms with van der Waals surface area (Å²) in [7, 11) is 0. The van der Waals surface area contributed by atoms with Gasteiger partial charge in [-0.25, -0.2) is 4.79 Å². The quantitative estimate of drug-likeness (QED) is 0.274. The Labute approximate surface area is 157 Å². The van der Waals surface area contributed by atoms with E-state index in [1.54, 1.807) is 30.5 Å². The van der Waals surface area contributed by atoms with Crippen molar-refractivity contribution in [2.75, 3.05) is 6.61 Å². The lowest BCUT2D eigenvalue weighted by molar-refractivity contribution is -0.380. The Morgan fingerprint density at radius 2 is 2.04 bits per heavy atom. The zero-order valence-corrected chi connectivity index (χ0v) is 15.5. The summed E-state index contributed by atoms with van der Waals surface area (Å²) in [5, 5.41) is 14.5. The van der Waals surface area contributed by atoms with Crippen molar-refractivity contribution >= 4 is 28.1 Å². The number of hydrogen-bond donors (Lipinski definition) is 0. The van der Waals surface area contributed by atoms with Crippen molar-refractivity contribution in [3.8, 4) is 5.82 Å². The smallest absolute Gasteiger partial charge is 0.349 e. The normalized spacial score (nSPS) is 10.8. The van der Waals surface area contributed by atoms with Gasteiger partial charge in [0.2, 0.25) is 5.78 Å². The van der Waals surface area contributed by atoms with Gasteiger partial charge in [0, 0.05) is 29.1 Å². The molecule has 0 fully saturated rings. The molecule has 0 unspecified atom stereocenters. The third-order valence-electron chi connectivity index (χ3n) is 3.88. The topological polar surface area (TPSA) is 117 Å². The maximum Gasteiger partial charge on any atom is 0.349 e. The van der Waals surface area contributed by atoms with Crippen LogP contribution in [0, 0.1) is 30.9 Å². The minimum atomic E-state index is -0.776. The van der Waals surface area contributed by atoms with E-state index in [1.165, 1.54) is 12.1 Å². The highest BCUT2D eigenvalue weighted by molar-refractivity contribution is 7.17.